The number of carbonyl (C=O) groups excluding carboxylic acids is 1. The van der Waals surface area contributed by atoms with Gasteiger partial charge in [-0.1, -0.05) is 24.3 Å². The lowest BCUT2D eigenvalue weighted by molar-refractivity contribution is -0.134. The van der Waals surface area contributed by atoms with E-state index >= 15 is 0 Å². The van der Waals surface area contributed by atoms with E-state index in [0.29, 0.717) is 6.42 Å². The zero-order valence-corrected chi connectivity index (χ0v) is 13.1. The molecule has 1 unspecified atom stereocenters. The molecule has 0 radical (unpaired) electrons. The molecule has 2 aromatic rings. The topological polar surface area (TPSA) is 35.5 Å². The first-order chi connectivity index (χ1) is 11.6. The van der Waals surface area contributed by atoms with Crippen molar-refractivity contribution in [2.45, 2.75) is 18.9 Å². The number of ether oxygens (including phenoxy) is 2. The summed E-state index contributed by atoms with van der Waals surface area (Å²) < 4.78 is 38.5. The number of halogens is 2. The number of hydrogen-bond donors (Lipinski definition) is 0. The van der Waals surface area contributed by atoms with Gasteiger partial charge >= 0.3 is 5.97 Å². The second kappa shape index (κ2) is 6.83. The molecule has 0 saturated heterocycles. The summed E-state index contributed by atoms with van der Waals surface area (Å²) in [5.74, 6) is -2.60. The third kappa shape index (κ3) is 3.30. The maximum atomic E-state index is 14.2. The van der Waals surface area contributed by atoms with E-state index in [-0.39, 0.29) is 11.7 Å². The Bertz CT molecular complexity index is 776. The maximum Gasteiger partial charge on any atom is 0.330 e. The second-order valence-corrected chi connectivity index (χ2v) is 5.51. The van der Waals surface area contributed by atoms with Crippen molar-refractivity contribution in [3.05, 3.63) is 70.8 Å². The SMILES string of the molecule is COC(=O)/C=C/c1cc(F)c(OC2CCc3ccccc32)c(F)c1. The quantitative estimate of drug-likeness (QED) is 0.622. The van der Waals surface area contributed by atoms with Crippen molar-refractivity contribution in [2.75, 3.05) is 7.11 Å². The van der Waals surface area contributed by atoms with E-state index in [1.165, 1.54) is 13.2 Å². The minimum atomic E-state index is -0.802. The van der Waals surface area contributed by atoms with Crippen molar-refractivity contribution >= 4 is 12.0 Å². The average Bonchev–Trinajstić information content (AvgIpc) is 2.99. The van der Waals surface area contributed by atoms with E-state index in [1.807, 2.05) is 24.3 Å². The van der Waals surface area contributed by atoms with E-state index < -0.39 is 23.4 Å². The molecule has 1 aliphatic carbocycles. The molecule has 0 aliphatic heterocycles. The third-order valence-electron chi connectivity index (χ3n) is 3.97. The molecule has 0 heterocycles. The lowest BCUT2D eigenvalue weighted by Crippen LogP contribution is -2.06. The molecule has 0 aromatic heterocycles. The summed E-state index contributed by atoms with van der Waals surface area (Å²) in [6, 6.07) is 9.97. The summed E-state index contributed by atoms with van der Waals surface area (Å²) in [5.41, 5.74) is 2.32. The fraction of sp³-hybridized carbons (Fsp3) is 0.211. The predicted molar refractivity (Wildman–Crippen MR) is 85.5 cm³/mol. The van der Waals surface area contributed by atoms with Gasteiger partial charge in [0.05, 0.1) is 7.11 Å². The Kier molecular flexibility index (Phi) is 4.60. The Morgan fingerprint density at radius 3 is 2.62 bits per heavy atom. The van der Waals surface area contributed by atoms with Crippen LogP contribution in [0.15, 0.2) is 42.5 Å². The van der Waals surface area contributed by atoms with E-state index in [0.717, 1.165) is 35.8 Å². The summed E-state index contributed by atoms with van der Waals surface area (Å²) >= 11 is 0. The average molecular weight is 330 g/mol. The number of methoxy groups -OCH3 is 1. The van der Waals surface area contributed by atoms with Crippen LogP contribution in [0, 0.1) is 11.6 Å². The van der Waals surface area contributed by atoms with Crippen LogP contribution in [0.4, 0.5) is 8.78 Å². The molecule has 24 heavy (non-hydrogen) atoms. The highest BCUT2D eigenvalue weighted by molar-refractivity contribution is 5.86. The van der Waals surface area contributed by atoms with E-state index in [2.05, 4.69) is 4.74 Å². The Morgan fingerprint density at radius 1 is 1.21 bits per heavy atom. The molecule has 3 rings (SSSR count). The van der Waals surface area contributed by atoms with E-state index in [1.54, 1.807) is 0 Å². The van der Waals surface area contributed by atoms with Crippen molar-refractivity contribution < 1.29 is 23.0 Å². The Labute approximate surface area is 138 Å². The third-order valence-corrected chi connectivity index (χ3v) is 3.97. The minimum absolute atomic E-state index is 0.217. The van der Waals surface area contributed by atoms with Crippen molar-refractivity contribution in [2.24, 2.45) is 0 Å². The van der Waals surface area contributed by atoms with Crippen LogP contribution in [-0.4, -0.2) is 13.1 Å². The van der Waals surface area contributed by atoms with Gasteiger partial charge in [-0.25, -0.2) is 13.6 Å². The van der Waals surface area contributed by atoms with Crippen LogP contribution < -0.4 is 4.74 Å². The molecule has 0 bridgehead atoms. The largest absolute Gasteiger partial charge is 0.480 e. The van der Waals surface area contributed by atoms with Crippen LogP contribution in [0.25, 0.3) is 6.08 Å². The van der Waals surface area contributed by atoms with Gasteiger partial charge in [-0.05, 0) is 47.7 Å². The second-order valence-electron chi connectivity index (χ2n) is 5.51. The summed E-state index contributed by atoms with van der Waals surface area (Å²) in [4.78, 5) is 11.0. The molecular formula is C19H16F2O3. The molecule has 0 fully saturated rings. The van der Waals surface area contributed by atoms with E-state index in [4.69, 9.17) is 4.74 Å². The normalized spacial score (nSPS) is 16.2. The van der Waals surface area contributed by atoms with Crippen molar-refractivity contribution in [3.63, 3.8) is 0 Å². The van der Waals surface area contributed by atoms with Gasteiger partial charge in [0.15, 0.2) is 17.4 Å². The molecule has 3 nitrogen and oxygen atoms in total. The van der Waals surface area contributed by atoms with Crippen LogP contribution in [0.3, 0.4) is 0 Å². The van der Waals surface area contributed by atoms with Gasteiger partial charge in [0.25, 0.3) is 0 Å². The van der Waals surface area contributed by atoms with Gasteiger partial charge in [0.1, 0.15) is 6.10 Å². The fourth-order valence-corrected chi connectivity index (χ4v) is 2.80. The number of fused-ring (bicyclic) bond motifs is 1. The first kappa shape index (κ1) is 16.2. The number of aryl methyl sites for hydroxylation is 1. The van der Waals surface area contributed by atoms with Gasteiger partial charge in [-0.15, -0.1) is 0 Å². The zero-order chi connectivity index (χ0) is 17.1. The molecular weight excluding hydrogens is 314 g/mol. The number of rotatable bonds is 4. The summed E-state index contributed by atoms with van der Waals surface area (Å²) in [6.07, 6.45) is 3.53. The smallest absolute Gasteiger partial charge is 0.330 e. The molecule has 5 heteroatoms. The molecule has 1 atom stereocenters. The Morgan fingerprint density at radius 2 is 1.92 bits per heavy atom. The number of hydrogen-bond acceptors (Lipinski definition) is 3. The van der Waals surface area contributed by atoms with Crippen molar-refractivity contribution in [3.8, 4) is 5.75 Å². The number of benzene rings is 2. The molecule has 0 spiro atoms. The number of esters is 1. The minimum Gasteiger partial charge on any atom is -0.480 e. The van der Waals surface area contributed by atoms with Gasteiger partial charge in [0.2, 0.25) is 0 Å². The zero-order valence-electron chi connectivity index (χ0n) is 13.1. The standard InChI is InChI=1S/C19H16F2O3/c1-23-18(22)9-6-12-10-15(20)19(16(21)11-12)24-17-8-7-13-4-2-3-5-14(13)17/h2-6,9-11,17H,7-8H2,1H3/b9-6+. The van der Waals surface area contributed by atoms with Crippen LogP contribution in [0.5, 0.6) is 5.75 Å². The van der Waals surface area contributed by atoms with Crippen molar-refractivity contribution in [1.82, 2.24) is 0 Å². The highest BCUT2D eigenvalue weighted by atomic mass is 19.1. The molecule has 124 valence electrons. The Balaban J connectivity index is 1.82. The summed E-state index contributed by atoms with van der Waals surface area (Å²) in [7, 11) is 1.23. The Hall–Kier alpha value is -2.69. The van der Waals surface area contributed by atoms with Crippen LogP contribution in [0.2, 0.25) is 0 Å². The molecule has 1 aliphatic rings. The van der Waals surface area contributed by atoms with Gasteiger partial charge in [0, 0.05) is 6.08 Å². The number of carbonyl (C=O) groups is 1. The lowest BCUT2D eigenvalue weighted by atomic mass is 10.1. The van der Waals surface area contributed by atoms with E-state index in [9.17, 15) is 13.6 Å². The van der Waals surface area contributed by atoms with Crippen LogP contribution >= 0.6 is 0 Å². The predicted octanol–water partition coefficient (Wildman–Crippen LogP) is 4.22. The molecule has 2 aromatic carbocycles. The highest BCUT2D eigenvalue weighted by Crippen LogP contribution is 2.36. The fourth-order valence-electron chi connectivity index (χ4n) is 2.80. The van der Waals surface area contributed by atoms with Gasteiger partial charge < -0.3 is 9.47 Å². The maximum absolute atomic E-state index is 14.2. The lowest BCUT2D eigenvalue weighted by Gasteiger charge is -2.16. The first-order valence-corrected chi connectivity index (χ1v) is 7.58. The molecule has 0 saturated carbocycles. The highest BCUT2D eigenvalue weighted by Gasteiger charge is 2.26. The molecule has 0 N–H and O–H groups in total. The van der Waals surface area contributed by atoms with Crippen molar-refractivity contribution in [1.29, 1.82) is 0 Å². The summed E-state index contributed by atoms with van der Waals surface area (Å²) in [6.45, 7) is 0. The van der Waals surface area contributed by atoms with Crippen LogP contribution in [0.1, 0.15) is 29.2 Å². The van der Waals surface area contributed by atoms with Crippen LogP contribution in [-0.2, 0) is 16.0 Å². The summed E-state index contributed by atoms with van der Waals surface area (Å²) in [5, 5.41) is 0. The van der Waals surface area contributed by atoms with Gasteiger partial charge in [-0.3, -0.25) is 0 Å². The molecule has 0 amide bonds. The monoisotopic (exact) mass is 330 g/mol. The first-order valence-electron chi connectivity index (χ1n) is 7.58. The van der Waals surface area contributed by atoms with Gasteiger partial charge in [-0.2, -0.15) is 0 Å².